The van der Waals surface area contributed by atoms with Crippen LogP contribution in [-0.4, -0.2) is 26.6 Å². The number of nitrogens with one attached hydrogen (secondary N) is 1. The van der Waals surface area contributed by atoms with Gasteiger partial charge in [-0.2, -0.15) is 0 Å². The summed E-state index contributed by atoms with van der Waals surface area (Å²) in [6.07, 6.45) is 1.12. The molecular weight excluding hydrogens is 264 g/mol. The van der Waals surface area contributed by atoms with E-state index in [1.807, 2.05) is 13.8 Å². The highest BCUT2D eigenvalue weighted by atomic mass is 32.1. The predicted octanol–water partition coefficient (Wildman–Crippen LogP) is 1.67. The second-order valence-corrected chi connectivity index (χ2v) is 4.75. The fourth-order valence-electron chi connectivity index (χ4n) is 1.83. The van der Waals surface area contributed by atoms with Crippen molar-refractivity contribution in [3.63, 3.8) is 0 Å². The minimum absolute atomic E-state index is 0.0697. The van der Waals surface area contributed by atoms with Crippen molar-refractivity contribution in [2.24, 2.45) is 5.73 Å². The summed E-state index contributed by atoms with van der Waals surface area (Å²) in [6, 6.07) is 3.78. The van der Waals surface area contributed by atoms with E-state index in [1.54, 1.807) is 0 Å². The van der Waals surface area contributed by atoms with Gasteiger partial charge in [0.15, 0.2) is 0 Å². The van der Waals surface area contributed by atoms with Crippen LogP contribution in [0.4, 0.5) is 0 Å². The van der Waals surface area contributed by atoms with Gasteiger partial charge in [-0.3, -0.25) is 4.79 Å². The Hall–Kier alpha value is -1.82. The first-order valence-electron chi connectivity index (χ1n) is 6.00. The molecule has 0 radical (unpaired) electrons. The minimum atomic E-state index is -0.767. The fourth-order valence-corrected chi connectivity index (χ4v) is 2.17. The normalized spacial score (nSPS) is 11.1. The molecule has 0 spiro atoms. The maximum Gasteiger partial charge on any atom is 0.255 e. The number of carbonyl (C=O) groups is 1. The molecule has 19 heavy (non-hydrogen) atoms. The number of phenolic OH excluding ortho intramolecular Hbond substituents is 2. The number of carbonyl (C=O) groups excluding carboxylic acids is 1. The van der Waals surface area contributed by atoms with Gasteiger partial charge in [0.1, 0.15) is 11.5 Å². The molecule has 1 aromatic carbocycles. The summed E-state index contributed by atoms with van der Waals surface area (Å²) >= 11 is 5.01. The van der Waals surface area contributed by atoms with Crippen LogP contribution in [0.2, 0.25) is 0 Å². The third-order valence-corrected chi connectivity index (χ3v) is 3.65. The van der Waals surface area contributed by atoms with Crippen LogP contribution in [0, 0.1) is 0 Å². The van der Waals surface area contributed by atoms with Gasteiger partial charge in [-0.15, -0.1) is 0 Å². The van der Waals surface area contributed by atoms with Crippen LogP contribution in [0.3, 0.4) is 0 Å². The number of hydrogen-bond donors (Lipinski definition) is 4. The molecule has 0 atom stereocenters. The summed E-state index contributed by atoms with van der Waals surface area (Å²) in [7, 11) is 0. The van der Waals surface area contributed by atoms with E-state index < -0.39 is 11.4 Å². The van der Waals surface area contributed by atoms with Gasteiger partial charge in [-0.1, -0.05) is 26.1 Å². The van der Waals surface area contributed by atoms with E-state index in [-0.39, 0.29) is 22.1 Å². The lowest BCUT2D eigenvalue weighted by atomic mass is 9.92. The molecule has 5 nitrogen and oxygen atoms in total. The Morgan fingerprint density at radius 3 is 2.37 bits per heavy atom. The van der Waals surface area contributed by atoms with Gasteiger partial charge in [0, 0.05) is 6.07 Å². The molecule has 0 fully saturated rings. The molecule has 0 aliphatic rings. The average molecular weight is 282 g/mol. The van der Waals surface area contributed by atoms with Crippen molar-refractivity contribution in [3.8, 4) is 11.5 Å². The number of thiocarbonyl (C=S) groups is 1. The van der Waals surface area contributed by atoms with Crippen molar-refractivity contribution in [2.45, 2.75) is 32.2 Å². The number of nitrogens with two attached hydrogens (primary N) is 1. The molecule has 5 N–H and O–H groups in total. The number of rotatable bonds is 5. The Balaban J connectivity index is 3.04. The quantitative estimate of drug-likeness (QED) is 0.616. The lowest BCUT2D eigenvalue weighted by Gasteiger charge is -2.31. The van der Waals surface area contributed by atoms with Gasteiger partial charge < -0.3 is 21.3 Å². The summed E-state index contributed by atoms with van der Waals surface area (Å²) < 4.78 is 0. The zero-order chi connectivity index (χ0) is 14.6. The third-order valence-electron chi connectivity index (χ3n) is 3.26. The van der Waals surface area contributed by atoms with Gasteiger partial charge in [0.2, 0.25) is 0 Å². The first kappa shape index (κ1) is 15.2. The van der Waals surface area contributed by atoms with Crippen molar-refractivity contribution >= 4 is 23.1 Å². The van der Waals surface area contributed by atoms with Gasteiger partial charge in [-0.25, -0.2) is 0 Å². The molecular formula is C13H18N2O3S. The third kappa shape index (κ3) is 3.14. The Labute approximate surface area is 117 Å². The van der Waals surface area contributed by atoms with Crippen LogP contribution in [0.15, 0.2) is 18.2 Å². The number of hydrogen-bond acceptors (Lipinski definition) is 4. The van der Waals surface area contributed by atoms with Gasteiger partial charge in [0.05, 0.1) is 16.1 Å². The average Bonchev–Trinajstić information content (AvgIpc) is 2.35. The SMILES string of the molecule is CCC(CC)(NC(=O)c1ccc(O)cc1O)C(N)=S. The molecule has 104 valence electrons. The molecule has 6 heteroatoms. The smallest absolute Gasteiger partial charge is 0.255 e. The largest absolute Gasteiger partial charge is 0.508 e. The molecule has 0 aromatic heterocycles. The molecule has 1 amide bonds. The molecule has 0 aliphatic heterocycles. The van der Waals surface area contributed by atoms with E-state index in [9.17, 15) is 15.0 Å². The van der Waals surface area contributed by atoms with Crippen LogP contribution in [-0.2, 0) is 0 Å². The summed E-state index contributed by atoms with van der Waals surface area (Å²) in [5.41, 5.74) is 5.00. The second kappa shape index (κ2) is 5.88. The van der Waals surface area contributed by atoms with Crippen LogP contribution in [0.1, 0.15) is 37.0 Å². The lowest BCUT2D eigenvalue weighted by Crippen LogP contribution is -2.55. The fraction of sp³-hybridized carbons (Fsp3) is 0.385. The van der Waals surface area contributed by atoms with Crippen molar-refractivity contribution in [1.82, 2.24) is 5.32 Å². The summed E-state index contributed by atoms with van der Waals surface area (Å²) in [6.45, 7) is 3.75. The van der Waals surface area contributed by atoms with Crippen LogP contribution < -0.4 is 11.1 Å². The monoisotopic (exact) mass is 282 g/mol. The highest BCUT2D eigenvalue weighted by Crippen LogP contribution is 2.24. The van der Waals surface area contributed by atoms with Crippen LogP contribution >= 0.6 is 12.2 Å². The minimum Gasteiger partial charge on any atom is -0.508 e. The van der Waals surface area contributed by atoms with E-state index in [0.29, 0.717) is 12.8 Å². The summed E-state index contributed by atoms with van der Waals surface area (Å²) in [5.74, 6) is -0.879. The first-order chi connectivity index (χ1) is 8.86. The van der Waals surface area contributed by atoms with E-state index >= 15 is 0 Å². The van der Waals surface area contributed by atoms with Gasteiger partial charge >= 0.3 is 0 Å². The molecule has 0 heterocycles. The number of amides is 1. The molecule has 0 saturated carbocycles. The predicted molar refractivity (Wildman–Crippen MR) is 77.3 cm³/mol. The number of benzene rings is 1. The van der Waals surface area contributed by atoms with Crippen LogP contribution in [0.25, 0.3) is 0 Å². The van der Waals surface area contributed by atoms with Crippen molar-refractivity contribution in [2.75, 3.05) is 0 Å². The topological polar surface area (TPSA) is 95.6 Å². The molecule has 1 aromatic rings. The number of phenols is 2. The first-order valence-corrected chi connectivity index (χ1v) is 6.41. The molecule has 0 unspecified atom stereocenters. The van der Waals surface area contributed by atoms with E-state index in [1.165, 1.54) is 12.1 Å². The van der Waals surface area contributed by atoms with E-state index in [2.05, 4.69) is 5.32 Å². The van der Waals surface area contributed by atoms with E-state index in [4.69, 9.17) is 18.0 Å². The Kier molecular flexibility index (Phi) is 4.72. The Bertz CT molecular complexity index is 499. The van der Waals surface area contributed by atoms with Crippen LogP contribution in [0.5, 0.6) is 11.5 Å². The Morgan fingerprint density at radius 2 is 1.95 bits per heavy atom. The lowest BCUT2D eigenvalue weighted by molar-refractivity contribution is 0.0917. The molecule has 0 bridgehead atoms. The van der Waals surface area contributed by atoms with Crippen molar-refractivity contribution in [3.05, 3.63) is 23.8 Å². The molecule has 0 aliphatic carbocycles. The highest BCUT2D eigenvalue weighted by Gasteiger charge is 2.32. The standard InChI is InChI=1S/C13H18N2O3S/c1-3-13(4-2,12(14)19)15-11(18)9-6-5-8(16)7-10(9)17/h5-7,16-17H,3-4H2,1-2H3,(H2,14,19)(H,15,18). The summed E-state index contributed by atoms with van der Waals surface area (Å²) in [5, 5.41) is 21.6. The summed E-state index contributed by atoms with van der Waals surface area (Å²) in [4.78, 5) is 12.4. The van der Waals surface area contributed by atoms with Crippen molar-refractivity contribution in [1.29, 1.82) is 0 Å². The zero-order valence-corrected chi connectivity index (χ0v) is 11.8. The molecule has 0 saturated heterocycles. The van der Waals surface area contributed by atoms with Gasteiger partial charge in [0.25, 0.3) is 5.91 Å². The Morgan fingerprint density at radius 1 is 1.37 bits per heavy atom. The zero-order valence-electron chi connectivity index (χ0n) is 10.9. The molecule has 1 rings (SSSR count). The number of aromatic hydroxyl groups is 2. The second-order valence-electron chi connectivity index (χ2n) is 4.31. The maximum absolute atomic E-state index is 12.1. The van der Waals surface area contributed by atoms with E-state index in [0.717, 1.165) is 6.07 Å². The highest BCUT2D eigenvalue weighted by molar-refractivity contribution is 7.80. The van der Waals surface area contributed by atoms with Gasteiger partial charge in [-0.05, 0) is 25.0 Å². The van der Waals surface area contributed by atoms with Crippen molar-refractivity contribution < 1.29 is 15.0 Å². The maximum atomic E-state index is 12.1.